The van der Waals surface area contributed by atoms with Crippen LogP contribution in [0.1, 0.15) is 10.5 Å². The predicted molar refractivity (Wildman–Crippen MR) is 98.6 cm³/mol. The summed E-state index contributed by atoms with van der Waals surface area (Å²) in [5.41, 5.74) is 1.97. The first-order valence-electron chi connectivity index (χ1n) is 7.33. The van der Waals surface area contributed by atoms with E-state index in [4.69, 9.17) is 0 Å². The molecule has 0 saturated heterocycles. The second-order valence-electron chi connectivity index (χ2n) is 5.13. The van der Waals surface area contributed by atoms with Crippen LogP contribution in [0.2, 0.25) is 0 Å². The van der Waals surface area contributed by atoms with Crippen LogP contribution in [0.3, 0.4) is 0 Å². The number of nitrogens with zero attached hydrogens (tertiary/aromatic N) is 3. The van der Waals surface area contributed by atoms with E-state index in [9.17, 15) is 4.79 Å². The highest BCUT2D eigenvalue weighted by Crippen LogP contribution is 2.20. The van der Waals surface area contributed by atoms with Gasteiger partial charge in [-0.25, -0.2) is 0 Å². The highest BCUT2D eigenvalue weighted by molar-refractivity contribution is 9.10. The molecule has 24 heavy (non-hydrogen) atoms. The molecule has 6 heteroatoms. The van der Waals surface area contributed by atoms with Crippen LogP contribution in [0.15, 0.2) is 71.2 Å². The maximum absolute atomic E-state index is 12.2. The Labute approximate surface area is 148 Å². The fraction of sp³-hybridized carbons (Fsp3) is 0.0556. The molecule has 1 aromatic heterocycles. The van der Waals surface area contributed by atoms with Gasteiger partial charge in [-0.2, -0.15) is 0 Å². The molecule has 0 fully saturated rings. The lowest BCUT2D eigenvalue weighted by Crippen LogP contribution is -2.16. The first-order chi connectivity index (χ1) is 11.6. The van der Waals surface area contributed by atoms with Gasteiger partial charge in [0.2, 0.25) is 0 Å². The molecular formula is C18H15BrN4O. The molecule has 0 atom stereocenters. The largest absolute Gasteiger partial charge is 0.328 e. The van der Waals surface area contributed by atoms with Crippen molar-refractivity contribution in [1.29, 1.82) is 0 Å². The van der Waals surface area contributed by atoms with Gasteiger partial charge in [-0.05, 0) is 48.5 Å². The van der Waals surface area contributed by atoms with Crippen LogP contribution in [0.5, 0.6) is 0 Å². The van der Waals surface area contributed by atoms with E-state index < -0.39 is 0 Å². The van der Waals surface area contributed by atoms with Crippen molar-refractivity contribution in [2.75, 3.05) is 17.3 Å². The molecule has 0 aliphatic rings. The second kappa shape index (κ2) is 7.23. The summed E-state index contributed by atoms with van der Waals surface area (Å²) >= 11 is 3.36. The lowest BCUT2D eigenvalue weighted by molar-refractivity contribution is 0.102. The van der Waals surface area contributed by atoms with Gasteiger partial charge in [0.05, 0.1) is 0 Å². The van der Waals surface area contributed by atoms with Crippen molar-refractivity contribution in [1.82, 2.24) is 10.2 Å². The summed E-state index contributed by atoms with van der Waals surface area (Å²) in [4.78, 5) is 14.1. The number of hydrogen-bond acceptors (Lipinski definition) is 4. The second-order valence-corrected chi connectivity index (χ2v) is 6.05. The molecule has 0 aliphatic carbocycles. The summed E-state index contributed by atoms with van der Waals surface area (Å²) < 4.78 is 0.952. The molecule has 0 aliphatic heterocycles. The number of carbonyl (C=O) groups is 1. The molecule has 5 nitrogen and oxygen atoms in total. The number of benzene rings is 2. The van der Waals surface area contributed by atoms with Crippen LogP contribution in [-0.4, -0.2) is 23.2 Å². The minimum atomic E-state index is -0.293. The van der Waals surface area contributed by atoms with Crippen LogP contribution in [0, 0.1) is 0 Å². The summed E-state index contributed by atoms with van der Waals surface area (Å²) in [6, 6.07) is 20.6. The maximum Gasteiger partial charge on any atom is 0.276 e. The average molecular weight is 383 g/mol. The van der Waals surface area contributed by atoms with E-state index in [1.165, 1.54) is 0 Å². The molecule has 0 saturated carbocycles. The molecule has 2 aromatic carbocycles. The lowest BCUT2D eigenvalue weighted by Gasteiger charge is -2.17. The normalized spacial score (nSPS) is 10.2. The number of aromatic nitrogens is 2. The number of rotatable bonds is 4. The quantitative estimate of drug-likeness (QED) is 0.732. The van der Waals surface area contributed by atoms with Gasteiger partial charge < -0.3 is 10.2 Å². The third kappa shape index (κ3) is 3.78. The average Bonchev–Trinajstić information content (AvgIpc) is 2.64. The van der Waals surface area contributed by atoms with Gasteiger partial charge in [-0.1, -0.05) is 34.1 Å². The standard InChI is InChI=1S/C18H15BrN4O/c1-23(15-5-3-2-4-6-15)17-12-11-16(21-22-17)18(24)20-14-9-7-13(19)8-10-14/h2-12H,1H3,(H,20,24). The highest BCUT2D eigenvalue weighted by Gasteiger charge is 2.11. The van der Waals surface area contributed by atoms with Crippen molar-refractivity contribution in [3.8, 4) is 0 Å². The topological polar surface area (TPSA) is 58.1 Å². The summed E-state index contributed by atoms with van der Waals surface area (Å²) in [5.74, 6) is 0.375. The van der Waals surface area contributed by atoms with Gasteiger partial charge in [0, 0.05) is 22.9 Å². The van der Waals surface area contributed by atoms with E-state index in [0.717, 1.165) is 10.2 Å². The molecule has 0 radical (unpaired) electrons. The number of halogens is 1. The van der Waals surface area contributed by atoms with E-state index in [0.29, 0.717) is 11.5 Å². The predicted octanol–water partition coefficient (Wildman–Crippen LogP) is 4.26. The van der Waals surface area contributed by atoms with E-state index >= 15 is 0 Å². The Morgan fingerprint density at radius 2 is 1.67 bits per heavy atom. The molecular weight excluding hydrogens is 368 g/mol. The summed E-state index contributed by atoms with van der Waals surface area (Å²) in [6.45, 7) is 0. The Morgan fingerprint density at radius 1 is 0.958 bits per heavy atom. The Hall–Kier alpha value is -2.73. The fourth-order valence-electron chi connectivity index (χ4n) is 2.14. The van der Waals surface area contributed by atoms with Crippen molar-refractivity contribution in [2.45, 2.75) is 0 Å². The van der Waals surface area contributed by atoms with Crippen LogP contribution in [0.4, 0.5) is 17.2 Å². The number of carbonyl (C=O) groups excluding carboxylic acids is 1. The van der Waals surface area contributed by atoms with Gasteiger partial charge in [-0.15, -0.1) is 10.2 Å². The monoisotopic (exact) mass is 382 g/mol. The number of amides is 1. The van der Waals surface area contributed by atoms with Crippen LogP contribution < -0.4 is 10.2 Å². The zero-order valence-corrected chi connectivity index (χ0v) is 14.6. The van der Waals surface area contributed by atoms with E-state index in [1.807, 2.05) is 66.5 Å². The summed E-state index contributed by atoms with van der Waals surface area (Å²) in [5, 5.41) is 11.0. The lowest BCUT2D eigenvalue weighted by atomic mass is 10.3. The highest BCUT2D eigenvalue weighted by atomic mass is 79.9. The third-order valence-electron chi connectivity index (χ3n) is 3.47. The number of nitrogens with one attached hydrogen (secondary N) is 1. The fourth-order valence-corrected chi connectivity index (χ4v) is 2.40. The van der Waals surface area contributed by atoms with Crippen molar-refractivity contribution in [3.05, 3.63) is 76.9 Å². The van der Waals surface area contributed by atoms with Gasteiger partial charge in [0.25, 0.3) is 5.91 Å². The summed E-state index contributed by atoms with van der Waals surface area (Å²) in [6.07, 6.45) is 0. The van der Waals surface area contributed by atoms with Crippen molar-refractivity contribution in [3.63, 3.8) is 0 Å². The first-order valence-corrected chi connectivity index (χ1v) is 8.12. The molecule has 3 aromatic rings. The van der Waals surface area contributed by atoms with Crippen molar-refractivity contribution >= 4 is 39.0 Å². The molecule has 0 unspecified atom stereocenters. The number of para-hydroxylation sites is 1. The third-order valence-corrected chi connectivity index (χ3v) is 4.00. The van der Waals surface area contributed by atoms with Crippen LogP contribution in [0.25, 0.3) is 0 Å². The molecule has 1 heterocycles. The Morgan fingerprint density at radius 3 is 2.29 bits per heavy atom. The van der Waals surface area contributed by atoms with Gasteiger partial charge >= 0.3 is 0 Å². The maximum atomic E-state index is 12.2. The SMILES string of the molecule is CN(c1ccccc1)c1ccc(C(=O)Nc2ccc(Br)cc2)nn1. The van der Waals surface area contributed by atoms with E-state index in [2.05, 4.69) is 31.4 Å². The molecule has 120 valence electrons. The zero-order chi connectivity index (χ0) is 16.9. The van der Waals surface area contributed by atoms with Gasteiger partial charge in [-0.3, -0.25) is 4.79 Å². The molecule has 1 N–H and O–H groups in total. The van der Waals surface area contributed by atoms with E-state index in [-0.39, 0.29) is 11.6 Å². The minimum Gasteiger partial charge on any atom is -0.328 e. The number of anilines is 3. The smallest absolute Gasteiger partial charge is 0.276 e. The van der Waals surface area contributed by atoms with E-state index in [1.54, 1.807) is 12.1 Å². The van der Waals surface area contributed by atoms with Crippen LogP contribution >= 0.6 is 15.9 Å². The first kappa shape index (κ1) is 16.1. The van der Waals surface area contributed by atoms with Crippen LogP contribution in [-0.2, 0) is 0 Å². The molecule has 0 bridgehead atoms. The minimum absolute atomic E-state index is 0.267. The Kier molecular flexibility index (Phi) is 4.86. The van der Waals surface area contributed by atoms with Crippen molar-refractivity contribution < 1.29 is 4.79 Å². The molecule has 1 amide bonds. The Balaban J connectivity index is 1.72. The zero-order valence-electron chi connectivity index (χ0n) is 13.0. The van der Waals surface area contributed by atoms with Gasteiger partial charge in [0.1, 0.15) is 0 Å². The molecule has 3 rings (SSSR count). The summed E-state index contributed by atoms with van der Waals surface area (Å²) in [7, 11) is 1.90. The Bertz CT molecular complexity index is 820. The number of hydrogen-bond donors (Lipinski definition) is 1. The molecule has 0 spiro atoms. The van der Waals surface area contributed by atoms with Crippen molar-refractivity contribution in [2.24, 2.45) is 0 Å². The van der Waals surface area contributed by atoms with Gasteiger partial charge in [0.15, 0.2) is 11.5 Å².